The van der Waals surface area contributed by atoms with Gasteiger partial charge in [-0.15, -0.1) is 0 Å². The summed E-state index contributed by atoms with van der Waals surface area (Å²) in [4.78, 5) is 17.4. The summed E-state index contributed by atoms with van der Waals surface area (Å²) >= 11 is 25.2. The molecule has 1 aliphatic rings. The monoisotopic (exact) mass is 580 g/mol. The summed E-state index contributed by atoms with van der Waals surface area (Å²) in [5.41, 5.74) is 2.18. The number of carbonyl (C=O) groups excluding carboxylic acids is 1. The quantitative estimate of drug-likeness (QED) is 0.245. The molecule has 0 bridgehead atoms. The average Bonchev–Trinajstić information content (AvgIpc) is 3.61. The summed E-state index contributed by atoms with van der Waals surface area (Å²) in [6.45, 7) is 1.41. The number of hydrogen-bond donors (Lipinski definition) is 1. The fourth-order valence-corrected chi connectivity index (χ4v) is 5.79. The molecule has 8 nitrogen and oxygen atoms in total. The number of piperidine rings is 1. The van der Waals surface area contributed by atoms with Crippen LogP contribution in [0.5, 0.6) is 0 Å². The fourth-order valence-electron chi connectivity index (χ4n) is 4.98. The maximum atomic E-state index is 13.4. The van der Waals surface area contributed by atoms with Crippen LogP contribution in [0.4, 0.5) is 0 Å². The maximum Gasteiger partial charge on any atom is 0.203 e. The SMILES string of the molecule is Cn1ncc(Cl)c1-c1cc(C(=O)C[C@@H]2CNC(CCn3cncn3)C[C@H]2c2ccc(Cl)c(Cl)c2)oc1Cl. The van der Waals surface area contributed by atoms with Gasteiger partial charge in [0.05, 0.1) is 32.5 Å². The number of aromatic nitrogens is 5. The molecule has 1 N–H and O–H groups in total. The number of benzene rings is 1. The van der Waals surface area contributed by atoms with E-state index in [4.69, 9.17) is 50.8 Å². The van der Waals surface area contributed by atoms with Gasteiger partial charge in [-0.3, -0.25) is 14.2 Å². The molecule has 1 fully saturated rings. The molecule has 1 aromatic carbocycles. The minimum absolute atomic E-state index is 0.0139. The van der Waals surface area contributed by atoms with Crippen molar-refractivity contribution in [3.8, 4) is 11.3 Å². The van der Waals surface area contributed by atoms with Gasteiger partial charge in [0.1, 0.15) is 12.7 Å². The molecule has 0 amide bonds. The summed E-state index contributed by atoms with van der Waals surface area (Å²) in [5.74, 6) is 0.167. The molecule has 12 heteroatoms. The molecule has 194 valence electrons. The first-order valence-corrected chi connectivity index (χ1v) is 13.3. The zero-order valence-corrected chi connectivity index (χ0v) is 22.9. The second-order valence-corrected chi connectivity index (χ2v) is 10.8. The lowest BCUT2D eigenvalue weighted by Gasteiger charge is -2.37. The molecular weight excluding hydrogens is 558 g/mol. The van der Waals surface area contributed by atoms with Gasteiger partial charge in [0.2, 0.25) is 5.22 Å². The summed E-state index contributed by atoms with van der Waals surface area (Å²) in [6.07, 6.45) is 6.75. The number of halogens is 4. The first-order chi connectivity index (χ1) is 17.8. The van der Waals surface area contributed by atoms with E-state index in [1.807, 2.05) is 16.8 Å². The van der Waals surface area contributed by atoms with Crippen LogP contribution in [0, 0.1) is 5.92 Å². The maximum absolute atomic E-state index is 13.4. The largest absolute Gasteiger partial charge is 0.441 e. The van der Waals surface area contributed by atoms with Gasteiger partial charge in [0.25, 0.3) is 0 Å². The van der Waals surface area contributed by atoms with E-state index in [1.165, 1.54) is 12.5 Å². The topological polar surface area (TPSA) is 90.8 Å². The first kappa shape index (κ1) is 26.3. The number of Topliss-reactive ketones (excluding diaryl/α,β-unsaturated/α-hetero) is 1. The van der Waals surface area contributed by atoms with E-state index in [1.54, 1.807) is 30.2 Å². The molecule has 3 aromatic heterocycles. The Morgan fingerprint density at radius 3 is 2.68 bits per heavy atom. The Labute approximate surface area is 233 Å². The van der Waals surface area contributed by atoms with Crippen LogP contribution in [0.2, 0.25) is 20.3 Å². The van der Waals surface area contributed by atoms with Crippen LogP contribution in [0.25, 0.3) is 11.3 Å². The van der Waals surface area contributed by atoms with Crippen molar-refractivity contribution in [2.24, 2.45) is 13.0 Å². The van der Waals surface area contributed by atoms with Crippen molar-refractivity contribution in [1.82, 2.24) is 29.9 Å². The van der Waals surface area contributed by atoms with Gasteiger partial charge < -0.3 is 9.73 Å². The molecule has 4 heterocycles. The lowest BCUT2D eigenvalue weighted by Crippen LogP contribution is -2.44. The van der Waals surface area contributed by atoms with E-state index in [2.05, 4.69) is 20.5 Å². The molecule has 0 spiro atoms. The normalized spacial score (nSPS) is 19.9. The number of nitrogens with one attached hydrogen (secondary N) is 1. The van der Waals surface area contributed by atoms with Crippen molar-refractivity contribution in [1.29, 1.82) is 0 Å². The Kier molecular flexibility index (Phi) is 7.93. The molecule has 0 radical (unpaired) electrons. The lowest BCUT2D eigenvalue weighted by atomic mass is 9.75. The molecule has 5 rings (SSSR count). The molecule has 3 atom stereocenters. The first-order valence-electron chi connectivity index (χ1n) is 11.8. The van der Waals surface area contributed by atoms with Crippen molar-refractivity contribution in [3.05, 3.63) is 74.7 Å². The third kappa shape index (κ3) is 5.73. The fraction of sp³-hybridized carbons (Fsp3) is 0.360. The van der Waals surface area contributed by atoms with Gasteiger partial charge in [-0.2, -0.15) is 10.2 Å². The molecule has 4 aromatic rings. The Hall–Kier alpha value is -2.36. The Bertz CT molecular complexity index is 1380. The number of aryl methyl sites for hydroxylation is 2. The van der Waals surface area contributed by atoms with Gasteiger partial charge >= 0.3 is 0 Å². The number of ketones is 1. The highest BCUT2D eigenvalue weighted by molar-refractivity contribution is 6.42. The number of hydrogen-bond acceptors (Lipinski definition) is 6. The standard InChI is InChI=1S/C25H24Cl4N6O2/c1-34-24(21(28)11-32-34)18-9-23(37-25(18)29)22(36)7-15-10-31-16(4-5-35-13-30-12-33-35)8-17(15)14-2-3-19(26)20(27)6-14/h2-3,6,9,11-13,15-17,31H,4-5,7-8,10H2,1H3/t15-,16?,17+/m1/s1. The predicted octanol–water partition coefficient (Wildman–Crippen LogP) is 6.31. The number of furan rings is 1. The molecule has 0 aliphatic carbocycles. The van der Waals surface area contributed by atoms with Gasteiger partial charge in [-0.05, 0) is 66.6 Å². The lowest BCUT2D eigenvalue weighted by molar-refractivity contribution is 0.0911. The minimum atomic E-state index is -0.135. The Morgan fingerprint density at radius 1 is 1.14 bits per heavy atom. The predicted molar refractivity (Wildman–Crippen MR) is 144 cm³/mol. The van der Waals surface area contributed by atoms with Crippen LogP contribution in [-0.4, -0.2) is 42.9 Å². The summed E-state index contributed by atoms with van der Waals surface area (Å²) in [6, 6.07) is 7.58. The average molecular weight is 582 g/mol. The van der Waals surface area contributed by atoms with Crippen molar-refractivity contribution in [3.63, 3.8) is 0 Å². The molecule has 37 heavy (non-hydrogen) atoms. The second kappa shape index (κ2) is 11.2. The van der Waals surface area contributed by atoms with E-state index < -0.39 is 0 Å². The van der Waals surface area contributed by atoms with Crippen molar-refractivity contribution in [2.45, 2.75) is 37.8 Å². The van der Waals surface area contributed by atoms with Gasteiger partial charge in [0, 0.05) is 26.1 Å². The van der Waals surface area contributed by atoms with Crippen LogP contribution >= 0.6 is 46.4 Å². The number of rotatable bonds is 8. The highest BCUT2D eigenvalue weighted by Crippen LogP contribution is 2.40. The van der Waals surface area contributed by atoms with Crippen LogP contribution in [0.1, 0.15) is 41.3 Å². The van der Waals surface area contributed by atoms with E-state index in [9.17, 15) is 4.79 Å². The van der Waals surface area contributed by atoms with Crippen molar-refractivity contribution in [2.75, 3.05) is 6.54 Å². The second-order valence-electron chi connectivity index (χ2n) is 9.22. The molecular formula is C25H24Cl4N6O2. The highest BCUT2D eigenvalue weighted by Gasteiger charge is 2.34. The highest BCUT2D eigenvalue weighted by atomic mass is 35.5. The number of nitrogens with zero attached hydrogens (tertiary/aromatic N) is 5. The van der Waals surface area contributed by atoms with Gasteiger partial charge in [-0.1, -0.05) is 40.9 Å². The van der Waals surface area contributed by atoms with Gasteiger partial charge in [0.15, 0.2) is 11.5 Å². The van der Waals surface area contributed by atoms with Crippen LogP contribution in [-0.2, 0) is 13.6 Å². The Balaban J connectivity index is 1.35. The third-order valence-corrected chi connectivity index (χ3v) is 8.18. The van der Waals surface area contributed by atoms with Crippen LogP contribution in [0.15, 0.2) is 47.5 Å². The summed E-state index contributed by atoms with van der Waals surface area (Å²) in [5, 5.41) is 13.5. The smallest absolute Gasteiger partial charge is 0.203 e. The van der Waals surface area contributed by atoms with E-state index in [0.29, 0.717) is 32.9 Å². The third-order valence-electron chi connectivity index (χ3n) is 6.88. The molecule has 1 unspecified atom stereocenters. The summed E-state index contributed by atoms with van der Waals surface area (Å²) < 4.78 is 9.08. The molecule has 1 saturated heterocycles. The van der Waals surface area contributed by atoms with E-state index in [-0.39, 0.29) is 41.1 Å². The number of carbonyl (C=O) groups is 1. The van der Waals surface area contributed by atoms with Crippen molar-refractivity contribution >= 4 is 52.2 Å². The molecule has 0 saturated carbocycles. The van der Waals surface area contributed by atoms with E-state index in [0.717, 1.165) is 24.9 Å². The zero-order valence-electron chi connectivity index (χ0n) is 19.9. The zero-order chi connectivity index (χ0) is 26.1. The van der Waals surface area contributed by atoms with Crippen molar-refractivity contribution < 1.29 is 9.21 Å². The van der Waals surface area contributed by atoms with Crippen LogP contribution < -0.4 is 5.32 Å². The van der Waals surface area contributed by atoms with Crippen LogP contribution in [0.3, 0.4) is 0 Å². The molecule has 1 aliphatic heterocycles. The minimum Gasteiger partial charge on any atom is -0.441 e. The van der Waals surface area contributed by atoms with Gasteiger partial charge in [-0.25, -0.2) is 4.98 Å². The Morgan fingerprint density at radius 2 is 1.97 bits per heavy atom. The summed E-state index contributed by atoms with van der Waals surface area (Å²) in [7, 11) is 1.75. The van der Waals surface area contributed by atoms with E-state index >= 15 is 0 Å².